The topological polar surface area (TPSA) is 114 Å². The number of carbonyl (C=O) groups is 2. The Labute approximate surface area is 157 Å². The molecule has 2 rings (SSSR count). The number of benzene rings is 2. The highest BCUT2D eigenvalue weighted by Gasteiger charge is 2.07. The quantitative estimate of drug-likeness (QED) is 0.408. The van der Waals surface area contributed by atoms with Gasteiger partial charge in [-0.3, -0.25) is 19.7 Å². The molecule has 0 aliphatic rings. The van der Waals surface area contributed by atoms with Crippen LogP contribution in [0.2, 0.25) is 0 Å². The number of hydrazone groups is 1. The van der Waals surface area contributed by atoms with Gasteiger partial charge in [-0.15, -0.1) is 0 Å². The minimum Gasteiger partial charge on any atom is -0.326 e. The molecule has 0 heterocycles. The second-order valence-electron chi connectivity index (χ2n) is 5.20. The molecule has 0 aliphatic carbocycles. The summed E-state index contributed by atoms with van der Waals surface area (Å²) in [7, 11) is 0. The van der Waals surface area contributed by atoms with Crippen molar-refractivity contribution in [3.05, 3.63) is 68.7 Å². The van der Waals surface area contributed by atoms with Gasteiger partial charge in [0.15, 0.2) is 0 Å². The molecule has 0 radical (unpaired) electrons. The van der Waals surface area contributed by atoms with E-state index >= 15 is 0 Å². The van der Waals surface area contributed by atoms with Gasteiger partial charge in [0.2, 0.25) is 11.8 Å². The van der Waals surface area contributed by atoms with Gasteiger partial charge in [0.25, 0.3) is 5.69 Å². The van der Waals surface area contributed by atoms with Crippen LogP contribution >= 0.6 is 15.9 Å². The van der Waals surface area contributed by atoms with Crippen LogP contribution < -0.4 is 10.7 Å². The van der Waals surface area contributed by atoms with E-state index in [1.54, 1.807) is 24.3 Å². The highest BCUT2D eigenvalue weighted by molar-refractivity contribution is 9.10. The first kappa shape index (κ1) is 19.3. The van der Waals surface area contributed by atoms with E-state index in [0.29, 0.717) is 11.3 Å². The summed E-state index contributed by atoms with van der Waals surface area (Å²) in [6, 6.07) is 13.0. The van der Waals surface area contributed by atoms with Gasteiger partial charge in [-0.1, -0.05) is 34.1 Å². The number of rotatable bonds is 7. The Balaban J connectivity index is 1.77. The van der Waals surface area contributed by atoms with Crippen molar-refractivity contribution in [2.24, 2.45) is 5.10 Å². The molecule has 2 aromatic rings. The van der Waals surface area contributed by atoms with Crippen LogP contribution in [0.25, 0.3) is 0 Å². The van der Waals surface area contributed by atoms with E-state index in [1.165, 1.54) is 24.4 Å². The number of nitrogens with zero attached hydrogens (tertiary/aromatic N) is 2. The molecule has 0 atom stereocenters. The number of anilines is 1. The molecule has 0 bridgehead atoms. The van der Waals surface area contributed by atoms with Crippen LogP contribution in [0.5, 0.6) is 0 Å². The smallest absolute Gasteiger partial charge is 0.270 e. The fourth-order valence-electron chi connectivity index (χ4n) is 1.97. The minimum atomic E-state index is -0.514. The molecule has 0 spiro atoms. The van der Waals surface area contributed by atoms with Crippen LogP contribution in [0.3, 0.4) is 0 Å². The van der Waals surface area contributed by atoms with Crippen molar-refractivity contribution in [2.45, 2.75) is 12.8 Å². The maximum atomic E-state index is 11.8. The second kappa shape index (κ2) is 9.42. The number of carbonyl (C=O) groups excluding carboxylic acids is 2. The Hall–Kier alpha value is -3.07. The lowest BCUT2D eigenvalue weighted by Crippen LogP contribution is -2.20. The zero-order valence-electron chi connectivity index (χ0n) is 13.5. The van der Waals surface area contributed by atoms with Crippen molar-refractivity contribution in [3.63, 3.8) is 0 Å². The molecule has 2 aromatic carbocycles. The molecule has 0 fully saturated rings. The Bertz CT molecular complexity index is 854. The Morgan fingerprint density at radius 3 is 2.58 bits per heavy atom. The largest absolute Gasteiger partial charge is 0.326 e. The highest BCUT2D eigenvalue weighted by Crippen LogP contribution is 2.16. The van der Waals surface area contributed by atoms with E-state index < -0.39 is 10.8 Å². The summed E-state index contributed by atoms with van der Waals surface area (Å²) in [5.74, 6) is -0.725. The fourth-order valence-corrected chi connectivity index (χ4v) is 2.37. The van der Waals surface area contributed by atoms with Gasteiger partial charge >= 0.3 is 0 Å². The third-order valence-corrected chi connectivity index (χ3v) is 3.66. The number of hydrogen-bond donors (Lipinski definition) is 2. The number of halogens is 1. The number of amides is 2. The molecule has 9 heteroatoms. The lowest BCUT2D eigenvalue weighted by Gasteiger charge is -2.05. The van der Waals surface area contributed by atoms with E-state index in [2.05, 4.69) is 31.8 Å². The van der Waals surface area contributed by atoms with Crippen LogP contribution in [0.15, 0.2) is 58.1 Å². The van der Waals surface area contributed by atoms with Crippen LogP contribution in [-0.4, -0.2) is 23.0 Å². The molecule has 0 aromatic heterocycles. The molecule has 8 nitrogen and oxygen atoms in total. The number of nitrogens with one attached hydrogen (secondary N) is 2. The number of non-ortho nitro benzene ring substituents is 1. The summed E-state index contributed by atoms with van der Waals surface area (Å²) in [5.41, 5.74) is 3.33. The third kappa shape index (κ3) is 6.44. The van der Waals surface area contributed by atoms with E-state index in [4.69, 9.17) is 0 Å². The van der Waals surface area contributed by atoms with Crippen molar-refractivity contribution in [1.29, 1.82) is 0 Å². The normalized spacial score (nSPS) is 10.5. The van der Waals surface area contributed by atoms with Gasteiger partial charge in [0.05, 0.1) is 11.1 Å². The molecule has 2 N–H and O–H groups in total. The van der Waals surface area contributed by atoms with Crippen LogP contribution in [0, 0.1) is 10.1 Å². The Morgan fingerprint density at radius 1 is 1.12 bits per heavy atom. The van der Waals surface area contributed by atoms with Gasteiger partial charge in [-0.25, -0.2) is 5.43 Å². The average molecular weight is 419 g/mol. The summed E-state index contributed by atoms with van der Waals surface area (Å²) < 4.78 is 0.837. The molecule has 0 saturated heterocycles. The molecule has 26 heavy (non-hydrogen) atoms. The first-order valence-corrected chi connectivity index (χ1v) is 8.35. The van der Waals surface area contributed by atoms with Crippen molar-refractivity contribution in [1.82, 2.24) is 5.43 Å². The lowest BCUT2D eigenvalue weighted by atomic mass is 10.2. The predicted molar refractivity (Wildman–Crippen MR) is 101 cm³/mol. The Kier molecular flexibility index (Phi) is 6.98. The zero-order valence-corrected chi connectivity index (χ0v) is 15.1. The van der Waals surface area contributed by atoms with Crippen molar-refractivity contribution in [3.8, 4) is 0 Å². The maximum absolute atomic E-state index is 11.8. The van der Waals surface area contributed by atoms with E-state index in [1.807, 2.05) is 6.07 Å². The molecule has 0 aliphatic heterocycles. The van der Waals surface area contributed by atoms with Gasteiger partial charge < -0.3 is 5.32 Å². The van der Waals surface area contributed by atoms with Gasteiger partial charge in [0.1, 0.15) is 0 Å². The highest BCUT2D eigenvalue weighted by atomic mass is 79.9. The van der Waals surface area contributed by atoms with Crippen LogP contribution in [0.1, 0.15) is 18.4 Å². The summed E-state index contributed by atoms with van der Waals surface area (Å²) in [6.45, 7) is 0. The van der Waals surface area contributed by atoms with Gasteiger partial charge in [-0.2, -0.15) is 5.10 Å². The summed E-state index contributed by atoms with van der Waals surface area (Å²) in [5, 5.41) is 17.1. The van der Waals surface area contributed by atoms with Crippen molar-refractivity contribution < 1.29 is 14.5 Å². The standard InChI is InChI=1S/C17H15BrN4O4/c18-13-4-2-5-14(10-13)20-16(23)7-8-17(24)21-19-11-12-3-1-6-15(9-12)22(25)26/h1-6,9-11H,7-8H2,(H,20,23)(H,21,24)/b19-11+. The number of hydrogen-bond acceptors (Lipinski definition) is 5. The summed E-state index contributed by atoms with van der Waals surface area (Å²) in [6.07, 6.45) is 1.27. The first-order chi connectivity index (χ1) is 12.4. The molecular formula is C17H15BrN4O4. The first-order valence-electron chi connectivity index (χ1n) is 7.56. The number of nitro groups is 1. The van der Waals surface area contributed by atoms with E-state index in [9.17, 15) is 19.7 Å². The SMILES string of the molecule is O=C(CCC(=O)Nc1cccc(Br)c1)N/N=C/c1cccc([N+](=O)[O-])c1. The maximum Gasteiger partial charge on any atom is 0.270 e. The summed E-state index contributed by atoms with van der Waals surface area (Å²) >= 11 is 3.31. The predicted octanol–water partition coefficient (Wildman–Crippen LogP) is 3.23. The fraction of sp³-hybridized carbons (Fsp3) is 0.118. The van der Waals surface area contributed by atoms with Gasteiger partial charge in [0, 0.05) is 40.7 Å². The third-order valence-electron chi connectivity index (χ3n) is 3.17. The molecule has 0 unspecified atom stereocenters. The molecule has 0 saturated carbocycles. The monoisotopic (exact) mass is 418 g/mol. The van der Waals surface area contributed by atoms with Crippen molar-refractivity contribution >= 4 is 45.3 Å². The molecule has 134 valence electrons. The number of nitro benzene ring substituents is 1. The van der Waals surface area contributed by atoms with Gasteiger partial charge in [-0.05, 0) is 18.2 Å². The van der Waals surface area contributed by atoms with E-state index in [-0.39, 0.29) is 24.4 Å². The minimum absolute atomic E-state index is 0.00464. The van der Waals surface area contributed by atoms with Crippen LogP contribution in [-0.2, 0) is 9.59 Å². The molecule has 2 amide bonds. The lowest BCUT2D eigenvalue weighted by molar-refractivity contribution is -0.384. The molecular weight excluding hydrogens is 404 g/mol. The van der Waals surface area contributed by atoms with Crippen molar-refractivity contribution in [2.75, 3.05) is 5.32 Å². The van der Waals surface area contributed by atoms with E-state index in [0.717, 1.165) is 4.47 Å². The zero-order chi connectivity index (χ0) is 18.9. The second-order valence-corrected chi connectivity index (χ2v) is 6.12. The summed E-state index contributed by atoms with van der Waals surface area (Å²) in [4.78, 5) is 33.7. The Morgan fingerprint density at radius 2 is 1.85 bits per heavy atom. The average Bonchev–Trinajstić information content (AvgIpc) is 2.60. The van der Waals surface area contributed by atoms with Crippen LogP contribution in [0.4, 0.5) is 11.4 Å².